The van der Waals surface area contributed by atoms with E-state index in [1.165, 1.54) is 15.6 Å². The second-order valence-electron chi connectivity index (χ2n) is 5.49. The largest absolute Gasteiger partial charge is 0.368 e. The van der Waals surface area contributed by atoms with Gasteiger partial charge in [0.1, 0.15) is 0 Å². The molecule has 0 saturated heterocycles. The SMILES string of the molecule is CCNc1nc2sccn2c1S(=O)(=O)N(C)C(C)(C)CC. The van der Waals surface area contributed by atoms with Crippen molar-refractivity contribution in [2.75, 3.05) is 18.9 Å². The van der Waals surface area contributed by atoms with Crippen molar-refractivity contribution in [1.29, 1.82) is 0 Å². The third-order valence-electron chi connectivity index (χ3n) is 3.89. The van der Waals surface area contributed by atoms with Gasteiger partial charge in [-0.3, -0.25) is 4.40 Å². The van der Waals surface area contributed by atoms with Gasteiger partial charge in [-0.2, -0.15) is 4.31 Å². The Bertz CT molecular complexity index is 731. The molecule has 2 rings (SSSR count). The number of anilines is 1. The van der Waals surface area contributed by atoms with Crippen molar-refractivity contribution in [1.82, 2.24) is 13.7 Å². The first-order valence-corrected chi connectivity index (χ1v) is 9.26. The van der Waals surface area contributed by atoms with Crippen molar-refractivity contribution in [2.45, 2.75) is 44.7 Å². The Labute approximate surface area is 129 Å². The normalized spacial score (nSPS) is 13.2. The fraction of sp³-hybridized carbons (Fsp3) is 0.615. The lowest BCUT2D eigenvalue weighted by atomic mass is 10.0. The van der Waals surface area contributed by atoms with E-state index in [-0.39, 0.29) is 5.03 Å². The van der Waals surface area contributed by atoms with Gasteiger partial charge in [-0.05, 0) is 27.2 Å². The van der Waals surface area contributed by atoms with Gasteiger partial charge in [0.25, 0.3) is 10.0 Å². The lowest BCUT2D eigenvalue weighted by molar-refractivity contribution is 0.256. The summed E-state index contributed by atoms with van der Waals surface area (Å²) in [5, 5.41) is 5.10. The van der Waals surface area contributed by atoms with Gasteiger partial charge in [-0.15, -0.1) is 11.3 Å². The number of aromatic nitrogens is 2. The molecule has 0 aliphatic carbocycles. The summed E-state index contributed by atoms with van der Waals surface area (Å²) in [5.41, 5.74) is -0.456. The molecule has 0 unspecified atom stereocenters. The highest BCUT2D eigenvalue weighted by Crippen LogP contribution is 2.31. The van der Waals surface area contributed by atoms with E-state index in [0.717, 1.165) is 6.42 Å². The average molecular weight is 330 g/mol. The molecule has 0 atom stereocenters. The van der Waals surface area contributed by atoms with Crippen LogP contribution >= 0.6 is 11.3 Å². The zero-order valence-electron chi connectivity index (χ0n) is 13.0. The van der Waals surface area contributed by atoms with E-state index >= 15 is 0 Å². The van der Waals surface area contributed by atoms with Crippen molar-refractivity contribution < 1.29 is 8.42 Å². The van der Waals surface area contributed by atoms with Crippen LogP contribution in [0.25, 0.3) is 4.96 Å². The molecular weight excluding hydrogens is 308 g/mol. The van der Waals surface area contributed by atoms with E-state index in [9.17, 15) is 8.42 Å². The molecule has 6 nitrogen and oxygen atoms in total. The highest BCUT2D eigenvalue weighted by atomic mass is 32.2. The molecule has 0 amide bonds. The molecule has 2 aromatic heterocycles. The Morgan fingerprint density at radius 3 is 2.67 bits per heavy atom. The molecule has 0 bridgehead atoms. The van der Waals surface area contributed by atoms with Crippen molar-refractivity contribution in [3.63, 3.8) is 0 Å². The fourth-order valence-corrected chi connectivity index (χ4v) is 4.54. The van der Waals surface area contributed by atoms with E-state index in [2.05, 4.69) is 10.3 Å². The number of imidazole rings is 1. The molecule has 2 aromatic rings. The van der Waals surface area contributed by atoms with E-state index in [4.69, 9.17) is 0 Å². The molecule has 0 aliphatic heterocycles. The molecule has 0 fully saturated rings. The van der Waals surface area contributed by atoms with Crippen LogP contribution in [0.4, 0.5) is 5.82 Å². The maximum atomic E-state index is 13.0. The first kappa shape index (κ1) is 16.3. The molecule has 0 saturated carbocycles. The van der Waals surface area contributed by atoms with Crippen molar-refractivity contribution >= 4 is 32.1 Å². The van der Waals surface area contributed by atoms with Crippen LogP contribution < -0.4 is 5.32 Å². The smallest absolute Gasteiger partial charge is 0.263 e. The van der Waals surface area contributed by atoms with Crippen LogP contribution in [0.1, 0.15) is 34.1 Å². The molecule has 0 aromatic carbocycles. The van der Waals surface area contributed by atoms with Crippen LogP contribution in [0, 0.1) is 0 Å². The quantitative estimate of drug-likeness (QED) is 0.884. The molecule has 1 N–H and O–H groups in total. The van der Waals surface area contributed by atoms with Gasteiger partial charge in [0.05, 0.1) is 0 Å². The highest BCUT2D eigenvalue weighted by molar-refractivity contribution is 7.89. The minimum atomic E-state index is -3.64. The third-order valence-corrected chi connectivity index (χ3v) is 6.74. The monoisotopic (exact) mass is 330 g/mol. The highest BCUT2D eigenvalue weighted by Gasteiger charge is 2.37. The van der Waals surface area contributed by atoms with Crippen LogP contribution in [-0.2, 0) is 10.0 Å². The first-order chi connectivity index (χ1) is 9.75. The minimum Gasteiger partial charge on any atom is -0.368 e. The summed E-state index contributed by atoms with van der Waals surface area (Å²) in [7, 11) is -2.01. The lowest BCUT2D eigenvalue weighted by Gasteiger charge is -2.33. The molecule has 8 heteroatoms. The summed E-state index contributed by atoms with van der Waals surface area (Å²) in [6.45, 7) is 8.36. The van der Waals surface area contributed by atoms with E-state index in [1.807, 2.05) is 33.1 Å². The molecule has 2 heterocycles. The number of nitrogens with one attached hydrogen (secondary N) is 1. The van der Waals surface area contributed by atoms with Crippen molar-refractivity contribution in [2.24, 2.45) is 0 Å². The van der Waals surface area contributed by atoms with Gasteiger partial charge >= 0.3 is 0 Å². The van der Waals surface area contributed by atoms with Crippen molar-refractivity contribution in [3.05, 3.63) is 11.6 Å². The van der Waals surface area contributed by atoms with Crippen LogP contribution in [0.15, 0.2) is 16.6 Å². The zero-order valence-corrected chi connectivity index (χ0v) is 14.7. The summed E-state index contributed by atoms with van der Waals surface area (Å²) in [6, 6.07) is 0. The van der Waals surface area contributed by atoms with Gasteiger partial charge < -0.3 is 5.32 Å². The Morgan fingerprint density at radius 2 is 2.10 bits per heavy atom. The van der Waals surface area contributed by atoms with Gasteiger partial charge in [-0.1, -0.05) is 6.92 Å². The molecule has 21 heavy (non-hydrogen) atoms. The summed E-state index contributed by atoms with van der Waals surface area (Å²) in [6.07, 6.45) is 2.47. The summed E-state index contributed by atoms with van der Waals surface area (Å²) in [4.78, 5) is 5.06. The Kier molecular flexibility index (Phi) is 4.32. The standard InChI is InChI=1S/C13H22N4O2S2/c1-6-13(3,4)16(5)21(18,19)11-10(14-7-2)15-12-17(11)8-9-20-12/h8-9,14H,6-7H2,1-5H3. The number of sulfonamides is 1. The van der Waals surface area contributed by atoms with Gasteiger partial charge in [0.15, 0.2) is 15.8 Å². The van der Waals surface area contributed by atoms with Gasteiger partial charge in [-0.25, -0.2) is 13.4 Å². The predicted octanol–water partition coefficient (Wildman–Crippen LogP) is 2.64. The predicted molar refractivity (Wildman–Crippen MR) is 86.6 cm³/mol. The van der Waals surface area contributed by atoms with E-state index < -0.39 is 15.6 Å². The molecule has 0 spiro atoms. The van der Waals surface area contributed by atoms with Crippen LogP contribution in [0.2, 0.25) is 0 Å². The van der Waals surface area contributed by atoms with Crippen LogP contribution in [0.5, 0.6) is 0 Å². The molecular formula is C13H22N4O2S2. The Balaban J connectivity index is 2.63. The van der Waals surface area contributed by atoms with Crippen molar-refractivity contribution in [3.8, 4) is 0 Å². The molecule has 0 radical (unpaired) electrons. The first-order valence-electron chi connectivity index (χ1n) is 6.94. The average Bonchev–Trinajstić information content (AvgIpc) is 2.98. The second kappa shape index (κ2) is 5.58. The zero-order chi connectivity index (χ0) is 15.8. The lowest BCUT2D eigenvalue weighted by Crippen LogP contribution is -2.44. The summed E-state index contributed by atoms with van der Waals surface area (Å²) < 4.78 is 29.1. The molecule has 0 aliphatic rings. The Hall–Kier alpha value is -1.12. The van der Waals surface area contributed by atoms with Crippen LogP contribution in [-0.4, -0.2) is 41.2 Å². The summed E-state index contributed by atoms with van der Waals surface area (Å²) >= 11 is 1.42. The number of hydrogen-bond donors (Lipinski definition) is 1. The number of nitrogens with zero attached hydrogens (tertiary/aromatic N) is 3. The number of thiazole rings is 1. The maximum absolute atomic E-state index is 13.0. The van der Waals surface area contributed by atoms with E-state index in [0.29, 0.717) is 17.3 Å². The van der Waals surface area contributed by atoms with E-state index in [1.54, 1.807) is 17.6 Å². The summed E-state index contributed by atoms with van der Waals surface area (Å²) in [5.74, 6) is 0.420. The minimum absolute atomic E-state index is 0.213. The third kappa shape index (κ3) is 2.67. The second-order valence-corrected chi connectivity index (χ2v) is 8.25. The van der Waals surface area contributed by atoms with Gasteiger partial charge in [0, 0.05) is 30.7 Å². The number of hydrogen-bond acceptors (Lipinski definition) is 5. The number of fused-ring (bicyclic) bond motifs is 1. The number of rotatable bonds is 6. The molecule has 118 valence electrons. The maximum Gasteiger partial charge on any atom is 0.263 e. The topological polar surface area (TPSA) is 66.7 Å². The Morgan fingerprint density at radius 1 is 1.43 bits per heavy atom. The fourth-order valence-electron chi connectivity index (χ4n) is 1.97. The van der Waals surface area contributed by atoms with Crippen LogP contribution in [0.3, 0.4) is 0 Å². The van der Waals surface area contributed by atoms with Gasteiger partial charge in [0.2, 0.25) is 0 Å².